The van der Waals surface area contributed by atoms with Crippen molar-refractivity contribution >= 4 is 22.9 Å². The fourth-order valence-corrected chi connectivity index (χ4v) is 3.16. The van der Waals surface area contributed by atoms with Gasteiger partial charge in [-0.15, -0.1) is 0 Å². The van der Waals surface area contributed by atoms with Gasteiger partial charge < -0.3 is 25.2 Å². The Hall–Kier alpha value is -3.03. The van der Waals surface area contributed by atoms with E-state index in [1.807, 2.05) is 20.8 Å². The number of carbonyl (C=O) groups excluding carboxylic acids is 2. The van der Waals surface area contributed by atoms with Gasteiger partial charge in [0.1, 0.15) is 23.2 Å². The maximum Gasteiger partial charge on any atom is 0.410 e. The summed E-state index contributed by atoms with van der Waals surface area (Å²) in [5, 5.41) is 10.6. The minimum atomic E-state index is -0.729. The molecule has 2 heterocycles. The van der Waals surface area contributed by atoms with E-state index in [9.17, 15) is 14.7 Å². The van der Waals surface area contributed by atoms with Crippen LogP contribution in [0.2, 0.25) is 0 Å². The molecule has 0 spiro atoms. The fraction of sp³-hybridized carbons (Fsp3) is 0.450. The number of hydrogen-bond donors (Lipinski definition) is 2. The molecular formula is C20H25N3O5. The van der Waals surface area contributed by atoms with Crippen LogP contribution in [0.3, 0.4) is 0 Å². The van der Waals surface area contributed by atoms with Gasteiger partial charge in [0.05, 0.1) is 17.6 Å². The molecule has 1 fully saturated rings. The zero-order chi connectivity index (χ0) is 20.5. The summed E-state index contributed by atoms with van der Waals surface area (Å²) in [6, 6.07) is 4.55. The van der Waals surface area contributed by atoms with Gasteiger partial charge in [-0.05, 0) is 51.8 Å². The summed E-state index contributed by atoms with van der Waals surface area (Å²) in [6.07, 6.45) is 2.57. The van der Waals surface area contributed by atoms with E-state index in [-0.39, 0.29) is 23.5 Å². The highest BCUT2D eigenvalue weighted by atomic mass is 16.6. The largest absolute Gasteiger partial charge is 0.507 e. The number of piperidine rings is 1. The number of carbonyl (C=O) groups is 2. The molecule has 0 bridgehead atoms. The molecule has 2 aromatic rings. The Morgan fingerprint density at radius 2 is 2.07 bits per heavy atom. The van der Waals surface area contributed by atoms with E-state index >= 15 is 0 Å². The van der Waals surface area contributed by atoms with Gasteiger partial charge in [0.15, 0.2) is 0 Å². The minimum absolute atomic E-state index is 0.00548. The van der Waals surface area contributed by atoms with Crippen molar-refractivity contribution in [2.24, 2.45) is 5.73 Å². The molecule has 0 radical (unpaired) electrons. The number of rotatable bonds is 3. The minimum Gasteiger partial charge on any atom is -0.507 e. The van der Waals surface area contributed by atoms with Crippen LogP contribution in [0.1, 0.15) is 44.0 Å². The smallest absolute Gasteiger partial charge is 0.410 e. The molecule has 2 amide bonds. The lowest BCUT2D eigenvalue weighted by molar-refractivity contribution is 0.00793. The van der Waals surface area contributed by atoms with Gasteiger partial charge >= 0.3 is 6.09 Å². The van der Waals surface area contributed by atoms with E-state index < -0.39 is 11.5 Å². The third kappa shape index (κ3) is 4.44. The van der Waals surface area contributed by atoms with Crippen molar-refractivity contribution in [1.29, 1.82) is 0 Å². The number of aromatic nitrogens is 1. The Morgan fingerprint density at radius 1 is 1.32 bits per heavy atom. The number of primary amides is 1. The highest BCUT2D eigenvalue weighted by Crippen LogP contribution is 2.31. The molecule has 1 saturated heterocycles. The maximum absolute atomic E-state index is 12.3. The summed E-state index contributed by atoms with van der Waals surface area (Å²) >= 11 is 0. The standard InChI is InChI=1S/C20H25N3O5/c1-20(2,3)28-19(26)23-8-4-5-12(11-23)27-17-6-7-22-15-9-14(18(21)25)16(24)10-13(15)17/h6-7,9-10,12,24H,4-5,8,11H2,1-3H3,(H2,21,25)/t12-/m1/s1. The van der Waals surface area contributed by atoms with Crippen LogP contribution in [0, 0.1) is 0 Å². The van der Waals surface area contributed by atoms with Crippen LogP contribution in [0.5, 0.6) is 11.5 Å². The summed E-state index contributed by atoms with van der Waals surface area (Å²) in [7, 11) is 0. The molecule has 0 aliphatic carbocycles. The molecule has 1 aliphatic heterocycles. The predicted molar refractivity (Wildman–Crippen MR) is 103 cm³/mol. The number of amides is 2. The Balaban J connectivity index is 1.79. The third-order valence-corrected chi connectivity index (χ3v) is 4.41. The number of aromatic hydroxyl groups is 1. The number of phenols is 1. The zero-order valence-electron chi connectivity index (χ0n) is 16.3. The van der Waals surface area contributed by atoms with Crippen molar-refractivity contribution in [3.05, 3.63) is 30.0 Å². The Morgan fingerprint density at radius 3 is 2.75 bits per heavy atom. The average molecular weight is 387 g/mol. The van der Waals surface area contributed by atoms with E-state index in [1.165, 1.54) is 12.1 Å². The molecule has 28 heavy (non-hydrogen) atoms. The monoisotopic (exact) mass is 387 g/mol. The third-order valence-electron chi connectivity index (χ3n) is 4.41. The molecule has 3 N–H and O–H groups in total. The van der Waals surface area contributed by atoms with Crippen molar-refractivity contribution in [2.75, 3.05) is 13.1 Å². The number of ether oxygens (including phenoxy) is 2. The number of pyridine rings is 1. The van der Waals surface area contributed by atoms with Gasteiger partial charge in [-0.3, -0.25) is 9.78 Å². The number of hydrogen-bond acceptors (Lipinski definition) is 6. The van der Waals surface area contributed by atoms with Crippen molar-refractivity contribution in [2.45, 2.75) is 45.3 Å². The molecule has 8 heteroatoms. The lowest BCUT2D eigenvalue weighted by Crippen LogP contribution is -2.46. The topological polar surface area (TPSA) is 115 Å². The molecule has 1 aliphatic rings. The Bertz CT molecular complexity index is 907. The van der Waals surface area contributed by atoms with Crippen LogP contribution < -0.4 is 10.5 Å². The zero-order valence-corrected chi connectivity index (χ0v) is 16.3. The van der Waals surface area contributed by atoms with Crippen molar-refractivity contribution < 1.29 is 24.2 Å². The molecule has 1 aromatic carbocycles. The first-order valence-corrected chi connectivity index (χ1v) is 9.20. The molecule has 8 nitrogen and oxygen atoms in total. The quantitative estimate of drug-likeness (QED) is 0.837. The van der Waals surface area contributed by atoms with Crippen LogP contribution in [-0.4, -0.2) is 51.8 Å². The average Bonchev–Trinajstić information content (AvgIpc) is 2.60. The van der Waals surface area contributed by atoms with Gasteiger partial charge in [-0.1, -0.05) is 0 Å². The summed E-state index contributed by atoms with van der Waals surface area (Å²) in [6.45, 7) is 6.52. The normalized spacial score (nSPS) is 17.4. The lowest BCUT2D eigenvalue weighted by Gasteiger charge is -2.34. The van der Waals surface area contributed by atoms with Crippen LogP contribution in [0.15, 0.2) is 24.4 Å². The molecule has 0 saturated carbocycles. The van der Waals surface area contributed by atoms with E-state index in [0.717, 1.165) is 12.8 Å². The number of nitrogens with zero attached hydrogens (tertiary/aromatic N) is 2. The maximum atomic E-state index is 12.3. The van der Waals surface area contributed by atoms with Gasteiger partial charge in [-0.25, -0.2) is 4.79 Å². The van der Waals surface area contributed by atoms with Crippen molar-refractivity contribution in [3.63, 3.8) is 0 Å². The van der Waals surface area contributed by atoms with Gasteiger partial charge in [0.2, 0.25) is 0 Å². The molecule has 3 rings (SSSR count). The predicted octanol–water partition coefficient (Wildman–Crippen LogP) is 2.82. The van der Waals surface area contributed by atoms with Crippen molar-refractivity contribution in [1.82, 2.24) is 9.88 Å². The van der Waals surface area contributed by atoms with Crippen LogP contribution >= 0.6 is 0 Å². The Kier molecular flexibility index (Phi) is 5.31. The first-order valence-electron chi connectivity index (χ1n) is 9.20. The summed E-state index contributed by atoms with van der Waals surface area (Å²) in [5.74, 6) is -0.433. The summed E-state index contributed by atoms with van der Waals surface area (Å²) in [5.41, 5.74) is 5.21. The molecule has 150 valence electrons. The number of nitrogens with two attached hydrogens (primary N) is 1. The van der Waals surface area contributed by atoms with Gasteiger partial charge in [-0.2, -0.15) is 0 Å². The second-order valence-corrected chi connectivity index (χ2v) is 7.87. The van der Waals surface area contributed by atoms with Crippen LogP contribution in [0.4, 0.5) is 4.79 Å². The summed E-state index contributed by atoms with van der Waals surface area (Å²) in [4.78, 5) is 29.6. The van der Waals surface area contributed by atoms with E-state index in [2.05, 4.69) is 4.98 Å². The first kappa shape index (κ1) is 19.7. The Labute approximate surface area is 163 Å². The SMILES string of the molecule is CC(C)(C)OC(=O)N1CCC[C@@H](Oc2ccnc3cc(C(N)=O)c(O)cc23)C1. The first-order chi connectivity index (χ1) is 13.1. The number of benzene rings is 1. The molecule has 1 aromatic heterocycles. The molecular weight excluding hydrogens is 362 g/mol. The second kappa shape index (κ2) is 7.53. The van der Waals surface area contributed by atoms with E-state index in [0.29, 0.717) is 29.7 Å². The van der Waals surface area contributed by atoms with E-state index in [4.69, 9.17) is 15.2 Å². The van der Waals surface area contributed by atoms with E-state index in [1.54, 1.807) is 17.2 Å². The molecule has 0 unspecified atom stereocenters. The van der Waals surface area contributed by atoms with Crippen molar-refractivity contribution in [3.8, 4) is 11.5 Å². The lowest BCUT2D eigenvalue weighted by atomic mass is 10.1. The highest BCUT2D eigenvalue weighted by molar-refractivity contribution is 6.00. The number of likely N-dealkylation sites (tertiary alicyclic amines) is 1. The highest BCUT2D eigenvalue weighted by Gasteiger charge is 2.29. The van der Waals surface area contributed by atoms with Gasteiger partial charge in [0.25, 0.3) is 5.91 Å². The second-order valence-electron chi connectivity index (χ2n) is 7.87. The number of fused-ring (bicyclic) bond motifs is 1. The fourth-order valence-electron chi connectivity index (χ4n) is 3.16. The van der Waals surface area contributed by atoms with Crippen LogP contribution in [0.25, 0.3) is 10.9 Å². The van der Waals surface area contributed by atoms with Crippen LogP contribution in [-0.2, 0) is 4.74 Å². The van der Waals surface area contributed by atoms with Gasteiger partial charge in [0, 0.05) is 18.1 Å². The molecule has 1 atom stereocenters. The summed E-state index contributed by atoms with van der Waals surface area (Å²) < 4.78 is 11.6.